The Kier molecular flexibility index (Phi) is 4.35. The highest BCUT2D eigenvalue weighted by molar-refractivity contribution is 7.91. The number of aromatic nitrogens is 2. The molecule has 2 aromatic heterocycles. The summed E-state index contributed by atoms with van der Waals surface area (Å²) in [5.41, 5.74) is 0. The van der Waals surface area contributed by atoms with Gasteiger partial charge in [-0.05, 0) is 12.1 Å². The van der Waals surface area contributed by atoms with Crippen LogP contribution in [0.3, 0.4) is 0 Å². The molecule has 0 aliphatic rings. The monoisotopic (exact) mass is 301 g/mol. The molecule has 0 atom stereocenters. The van der Waals surface area contributed by atoms with Crippen LogP contribution in [0.2, 0.25) is 0 Å². The predicted octanol–water partition coefficient (Wildman–Crippen LogP) is 0.495. The van der Waals surface area contributed by atoms with Crippen molar-refractivity contribution in [3.63, 3.8) is 0 Å². The lowest BCUT2D eigenvalue weighted by atomic mass is 10.4. The van der Waals surface area contributed by atoms with Gasteiger partial charge < -0.3 is 9.67 Å². The average Bonchev–Trinajstić information content (AvgIpc) is 2.97. The van der Waals surface area contributed by atoms with E-state index in [1.807, 2.05) is 0 Å². The third-order valence-corrected chi connectivity index (χ3v) is 5.64. The van der Waals surface area contributed by atoms with Crippen LogP contribution in [-0.4, -0.2) is 29.7 Å². The molecule has 0 bridgehead atoms. The van der Waals surface area contributed by atoms with E-state index in [0.717, 1.165) is 4.88 Å². The molecule has 104 valence electrons. The number of hydrogen-bond acceptors (Lipinski definition) is 5. The zero-order chi connectivity index (χ0) is 13.9. The third kappa shape index (κ3) is 3.41. The zero-order valence-corrected chi connectivity index (χ0v) is 12.0. The molecule has 19 heavy (non-hydrogen) atoms. The summed E-state index contributed by atoms with van der Waals surface area (Å²) in [6.45, 7) is 0.166. The van der Waals surface area contributed by atoms with E-state index in [1.165, 1.54) is 11.3 Å². The van der Waals surface area contributed by atoms with Crippen molar-refractivity contribution < 1.29 is 13.5 Å². The molecular formula is C11H15N3O3S2. The van der Waals surface area contributed by atoms with Crippen molar-refractivity contribution in [2.45, 2.75) is 17.2 Å². The summed E-state index contributed by atoms with van der Waals surface area (Å²) in [5, 5.41) is 8.82. The van der Waals surface area contributed by atoms with Gasteiger partial charge in [-0.25, -0.2) is 18.1 Å². The molecule has 2 heterocycles. The number of aryl methyl sites for hydroxylation is 1. The summed E-state index contributed by atoms with van der Waals surface area (Å²) in [7, 11) is -1.71. The Bertz CT molecular complexity index is 646. The van der Waals surface area contributed by atoms with Crippen molar-refractivity contribution >= 4 is 21.4 Å². The molecule has 0 unspecified atom stereocenters. The summed E-state index contributed by atoms with van der Waals surface area (Å²) in [6, 6.07) is 3.27. The molecule has 2 aromatic rings. The van der Waals surface area contributed by atoms with Gasteiger partial charge in [0, 0.05) is 37.3 Å². The molecule has 2 rings (SSSR count). The summed E-state index contributed by atoms with van der Waals surface area (Å²) in [5.74, 6) is 0.649. The van der Waals surface area contributed by atoms with E-state index in [0.29, 0.717) is 12.2 Å². The number of aliphatic hydroxyl groups is 1. The number of sulfonamides is 1. The maximum atomic E-state index is 12.1. The normalized spacial score (nSPS) is 11.9. The summed E-state index contributed by atoms with van der Waals surface area (Å²) >= 11 is 1.17. The van der Waals surface area contributed by atoms with Crippen LogP contribution < -0.4 is 4.72 Å². The first-order valence-electron chi connectivity index (χ1n) is 5.68. The first-order chi connectivity index (χ1) is 9.03. The first kappa shape index (κ1) is 14.2. The number of hydrogen-bond donors (Lipinski definition) is 2. The fourth-order valence-corrected chi connectivity index (χ4v) is 3.91. The van der Waals surface area contributed by atoms with E-state index in [9.17, 15) is 8.42 Å². The Morgan fingerprint density at radius 3 is 2.89 bits per heavy atom. The second kappa shape index (κ2) is 5.83. The van der Waals surface area contributed by atoms with Crippen molar-refractivity contribution in [1.29, 1.82) is 0 Å². The molecular weight excluding hydrogens is 286 g/mol. The zero-order valence-electron chi connectivity index (χ0n) is 10.4. The topological polar surface area (TPSA) is 84.2 Å². The lowest BCUT2D eigenvalue weighted by Gasteiger charge is -2.04. The van der Waals surface area contributed by atoms with Gasteiger partial charge in [0.05, 0.1) is 6.54 Å². The molecule has 8 heteroatoms. The minimum atomic E-state index is -3.52. The molecule has 0 radical (unpaired) electrons. The summed E-state index contributed by atoms with van der Waals surface area (Å²) in [6.07, 6.45) is 3.85. The van der Waals surface area contributed by atoms with Crippen molar-refractivity contribution in [3.05, 3.63) is 35.2 Å². The van der Waals surface area contributed by atoms with Gasteiger partial charge in [0.2, 0.25) is 10.0 Å². The minimum absolute atomic E-state index is 0.0146. The summed E-state index contributed by atoms with van der Waals surface area (Å²) in [4.78, 5) is 4.90. The van der Waals surface area contributed by atoms with Gasteiger partial charge in [-0.3, -0.25) is 0 Å². The Labute approximate surface area is 115 Å². The van der Waals surface area contributed by atoms with Crippen LogP contribution in [0, 0.1) is 0 Å². The van der Waals surface area contributed by atoms with Crippen LogP contribution in [0.15, 0.2) is 28.7 Å². The van der Waals surface area contributed by atoms with E-state index in [2.05, 4.69) is 9.71 Å². The Hall–Kier alpha value is -1.22. The molecule has 0 spiro atoms. The average molecular weight is 301 g/mol. The first-order valence-corrected chi connectivity index (χ1v) is 7.98. The highest BCUT2D eigenvalue weighted by Gasteiger charge is 2.17. The third-order valence-electron chi connectivity index (χ3n) is 2.60. The number of imidazole rings is 1. The molecule has 0 saturated carbocycles. The second-order valence-electron chi connectivity index (χ2n) is 3.97. The number of rotatable bonds is 6. The van der Waals surface area contributed by atoms with Crippen molar-refractivity contribution in [1.82, 2.24) is 14.3 Å². The summed E-state index contributed by atoms with van der Waals surface area (Å²) < 4.78 is 28.6. The van der Waals surface area contributed by atoms with Crippen LogP contribution in [0.25, 0.3) is 0 Å². The molecule has 6 nitrogen and oxygen atoms in total. The number of nitrogens with zero attached hydrogens (tertiary/aromatic N) is 2. The smallest absolute Gasteiger partial charge is 0.250 e. The van der Waals surface area contributed by atoms with Gasteiger partial charge in [0.25, 0.3) is 0 Å². The van der Waals surface area contributed by atoms with Crippen molar-refractivity contribution in [3.8, 4) is 0 Å². The van der Waals surface area contributed by atoms with Crippen LogP contribution in [0.1, 0.15) is 10.7 Å². The van der Waals surface area contributed by atoms with Crippen molar-refractivity contribution in [2.24, 2.45) is 7.05 Å². The maximum absolute atomic E-state index is 12.1. The quantitative estimate of drug-likeness (QED) is 0.813. The number of thiophene rings is 1. The Balaban J connectivity index is 2.07. The SMILES string of the molecule is Cn1ccnc1CNS(=O)(=O)c1ccc(CCO)s1. The van der Waals surface area contributed by atoms with Crippen LogP contribution >= 0.6 is 11.3 Å². The largest absolute Gasteiger partial charge is 0.396 e. The minimum Gasteiger partial charge on any atom is -0.396 e. The van der Waals surface area contributed by atoms with Gasteiger partial charge >= 0.3 is 0 Å². The number of nitrogens with one attached hydrogen (secondary N) is 1. The van der Waals surface area contributed by atoms with E-state index in [4.69, 9.17) is 5.11 Å². The van der Waals surface area contributed by atoms with Gasteiger partial charge in [-0.15, -0.1) is 11.3 Å². The van der Waals surface area contributed by atoms with Crippen molar-refractivity contribution in [2.75, 3.05) is 6.61 Å². The maximum Gasteiger partial charge on any atom is 0.250 e. The predicted molar refractivity (Wildman–Crippen MR) is 72.3 cm³/mol. The molecule has 0 aliphatic heterocycles. The van der Waals surface area contributed by atoms with E-state index in [1.54, 1.807) is 36.1 Å². The van der Waals surface area contributed by atoms with Crippen LogP contribution in [-0.2, 0) is 30.0 Å². The number of aliphatic hydroxyl groups excluding tert-OH is 1. The van der Waals surface area contributed by atoms with Gasteiger partial charge in [0.1, 0.15) is 10.0 Å². The second-order valence-corrected chi connectivity index (χ2v) is 7.14. The van der Waals surface area contributed by atoms with Crippen LogP contribution in [0.4, 0.5) is 0 Å². The molecule has 0 aromatic carbocycles. The molecule has 0 amide bonds. The van der Waals surface area contributed by atoms with Gasteiger partial charge in [-0.2, -0.15) is 0 Å². The standard InChI is InChI=1S/C11H15N3O3S2/c1-14-6-5-12-10(14)8-13-19(16,17)11-3-2-9(18-11)4-7-15/h2-3,5-6,13,15H,4,7-8H2,1H3. The Morgan fingerprint density at radius 2 is 2.26 bits per heavy atom. The van der Waals surface area contributed by atoms with E-state index in [-0.39, 0.29) is 17.4 Å². The molecule has 0 fully saturated rings. The highest BCUT2D eigenvalue weighted by atomic mass is 32.2. The Morgan fingerprint density at radius 1 is 1.47 bits per heavy atom. The van der Waals surface area contributed by atoms with Crippen LogP contribution in [0.5, 0.6) is 0 Å². The lowest BCUT2D eigenvalue weighted by Crippen LogP contribution is -2.23. The van der Waals surface area contributed by atoms with E-state index >= 15 is 0 Å². The molecule has 0 saturated heterocycles. The highest BCUT2D eigenvalue weighted by Crippen LogP contribution is 2.21. The fraction of sp³-hybridized carbons (Fsp3) is 0.364. The van der Waals surface area contributed by atoms with Gasteiger partial charge in [-0.1, -0.05) is 0 Å². The van der Waals surface area contributed by atoms with E-state index < -0.39 is 10.0 Å². The van der Waals surface area contributed by atoms with Gasteiger partial charge in [0.15, 0.2) is 0 Å². The lowest BCUT2D eigenvalue weighted by molar-refractivity contribution is 0.300. The molecule has 2 N–H and O–H groups in total. The fourth-order valence-electron chi connectivity index (χ4n) is 1.54. The molecule has 0 aliphatic carbocycles.